The number of carbonyl (C=O) groups is 2. The molecule has 0 fully saturated rings. The van der Waals surface area contributed by atoms with Crippen molar-refractivity contribution in [2.24, 2.45) is 5.92 Å². The van der Waals surface area contributed by atoms with Gasteiger partial charge < -0.3 is 4.90 Å². The van der Waals surface area contributed by atoms with Crippen LogP contribution in [-0.2, 0) is 16.0 Å². The summed E-state index contributed by atoms with van der Waals surface area (Å²) >= 11 is 0. The molecule has 4 nitrogen and oxygen atoms in total. The molecule has 1 aliphatic rings. The van der Waals surface area contributed by atoms with E-state index < -0.39 is 6.04 Å². The largest absolute Gasteiger partial charge is 0.347 e. The number of aryl methyl sites for hydroxylation is 1. The third-order valence-electron chi connectivity index (χ3n) is 4.27. The van der Waals surface area contributed by atoms with E-state index >= 15 is 0 Å². The number of fused-ring (bicyclic) bond motifs is 1. The molecule has 0 saturated carbocycles. The molecule has 1 aromatic carbocycles. The van der Waals surface area contributed by atoms with Crippen LogP contribution < -0.4 is 4.90 Å². The lowest BCUT2D eigenvalue weighted by molar-refractivity contribution is -0.133. The highest BCUT2D eigenvalue weighted by Gasteiger charge is 2.39. The average Bonchev–Trinajstić information content (AvgIpc) is 2.75. The highest BCUT2D eigenvalue weighted by atomic mass is 16.2. The molecule has 4 heteroatoms. The Morgan fingerprint density at radius 1 is 1.38 bits per heavy atom. The molecule has 1 aromatic rings. The third-order valence-corrected chi connectivity index (χ3v) is 4.27. The van der Waals surface area contributed by atoms with E-state index in [1.165, 1.54) is 0 Å². The fourth-order valence-electron chi connectivity index (χ4n) is 2.83. The maximum absolute atomic E-state index is 12.6. The lowest BCUT2D eigenvalue weighted by atomic mass is 9.96. The van der Waals surface area contributed by atoms with Gasteiger partial charge in [-0.15, -0.1) is 0 Å². The fraction of sp³-hybridized carbons (Fsp3) is 0.529. The van der Waals surface area contributed by atoms with E-state index in [1.54, 1.807) is 23.9 Å². The maximum Gasteiger partial charge on any atom is 0.245 e. The van der Waals surface area contributed by atoms with Crippen molar-refractivity contribution in [1.82, 2.24) is 4.90 Å². The molecular weight excluding hydrogens is 264 g/mol. The summed E-state index contributed by atoms with van der Waals surface area (Å²) in [6.45, 7) is 6.10. The Balaban J connectivity index is 2.48. The number of amides is 2. The topological polar surface area (TPSA) is 40.6 Å². The highest BCUT2D eigenvalue weighted by Crippen LogP contribution is 2.34. The lowest BCUT2D eigenvalue weighted by Crippen LogP contribution is -2.51. The van der Waals surface area contributed by atoms with Gasteiger partial charge in [0.25, 0.3) is 0 Å². The highest BCUT2D eigenvalue weighted by molar-refractivity contribution is 6.06. The SMILES string of the molecule is CCC(C)C(C(=O)N(C)C)N1C(=O)Cc2ccc(C)cc21. The van der Waals surface area contributed by atoms with Gasteiger partial charge in [-0.05, 0) is 30.0 Å². The first kappa shape index (κ1) is 15.5. The van der Waals surface area contributed by atoms with Crippen LogP contribution in [0.25, 0.3) is 0 Å². The Kier molecular flexibility index (Phi) is 4.35. The van der Waals surface area contributed by atoms with E-state index in [4.69, 9.17) is 0 Å². The van der Waals surface area contributed by atoms with Crippen LogP contribution in [-0.4, -0.2) is 36.9 Å². The van der Waals surface area contributed by atoms with Crippen LogP contribution in [0.4, 0.5) is 5.69 Å². The summed E-state index contributed by atoms with van der Waals surface area (Å²) in [6.07, 6.45) is 1.25. The summed E-state index contributed by atoms with van der Waals surface area (Å²) in [4.78, 5) is 28.4. The van der Waals surface area contributed by atoms with Gasteiger partial charge in [-0.25, -0.2) is 0 Å². The smallest absolute Gasteiger partial charge is 0.245 e. The van der Waals surface area contributed by atoms with Crippen molar-refractivity contribution in [2.75, 3.05) is 19.0 Å². The minimum atomic E-state index is -0.416. The molecule has 1 heterocycles. The van der Waals surface area contributed by atoms with Gasteiger partial charge in [0.15, 0.2) is 0 Å². The van der Waals surface area contributed by atoms with E-state index in [0.717, 1.165) is 23.2 Å². The quantitative estimate of drug-likeness (QED) is 0.853. The van der Waals surface area contributed by atoms with Gasteiger partial charge in [0.1, 0.15) is 6.04 Å². The van der Waals surface area contributed by atoms with Crippen molar-refractivity contribution in [3.8, 4) is 0 Å². The van der Waals surface area contributed by atoms with Gasteiger partial charge in [0.2, 0.25) is 11.8 Å². The molecule has 2 rings (SSSR count). The number of hydrogen-bond acceptors (Lipinski definition) is 2. The third kappa shape index (κ3) is 2.80. The molecule has 0 N–H and O–H groups in total. The molecule has 0 aromatic heterocycles. The summed E-state index contributed by atoms with van der Waals surface area (Å²) in [5.74, 6) is 0.137. The van der Waals surface area contributed by atoms with E-state index in [9.17, 15) is 9.59 Å². The van der Waals surface area contributed by atoms with Crippen LogP contribution >= 0.6 is 0 Å². The second-order valence-electron chi connectivity index (χ2n) is 6.14. The second kappa shape index (κ2) is 5.88. The first-order chi connectivity index (χ1) is 9.86. The van der Waals surface area contributed by atoms with Crippen LogP contribution in [0.3, 0.4) is 0 Å². The van der Waals surface area contributed by atoms with E-state index in [2.05, 4.69) is 6.92 Å². The van der Waals surface area contributed by atoms with Gasteiger partial charge in [0.05, 0.1) is 6.42 Å². The maximum atomic E-state index is 12.6. The number of nitrogens with zero attached hydrogens (tertiary/aromatic N) is 2. The number of hydrogen-bond donors (Lipinski definition) is 0. The molecule has 0 bridgehead atoms. The standard InChI is InChI=1S/C17H24N2O2/c1-6-12(3)16(17(21)18(4)5)19-14-9-11(2)7-8-13(14)10-15(19)20/h7-9,12,16H,6,10H2,1-5H3. The van der Waals surface area contributed by atoms with Gasteiger partial charge in [-0.3, -0.25) is 14.5 Å². The first-order valence-corrected chi connectivity index (χ1v) is 7.49. The molecule has 0 aliphatic carbocycles. The minimum absolute atomic E-state index is 0.00736. The molecular formula is C17H24N2O2. The number of benzene rings is 1. The number of rotatable bonds is 4. The van der Waals surface area contributed by atoms with Gasteiger partial charge >= 0.3 is 0 Å². The molecule has 0 radical (unpaired) electrons. The zero-order chi connectivity index (χ0) is 15.7. The van der Waals surface area contributed by atoms with Crippen molar-refractivity contribution in [2.45, 2.75) is 39.7 Å². The summed E-state index contributed by atoms with van der Waals surface area (Å²) in [7, 11) is 3.49. The Labute approximate surface area is 126 Å². The van der Waals surface area contributed by atoms with Crippen molar-refractivity contribution in [3.63, 3.8) is 0 Å². The second-order valence-corrected chi connectivity index (χ2v) is 6.14. The normalized spacial score (nSPS) is 16.6. The van der Waals surface area contributed by atoms with Crippen LogP contribution in [0.1, 0.15) is 31.4 Å². The molecule has 2 amide bonds. The average molecular weight is 288 g/mol. The lowest BCUT2D eigenvalue weighted by Gasteiger charge is -2.33. The number of anilines is 1. The van der Waals surface area contributed by atoms with Crippen LogP contribution in [0, 0.1) is 12.8 Å². The van der Waals surface area contributed by atoms with Crippen LogP contribution in [0.5, 0.6) is 0 Å². The van der Waals surface area contributed by atoms with Crippen molar-refractivity contribution >= 4 is 17.5 Å². The number of carbonyl (C=O) groups excluding carboxylic acids is 2. The fourth-order valence-corrected chi connectivity index (χ4v) is 2.83. The Bertz CT molecular complexity index is 566. The Morgan fingerprint density at radius 2 is 2.05 bits per heavy atom. The summed E-state index contributed by atoms with van der Waals surface area (Å²) < 4.78 is 0. The van der Waals surface area contributed by atoms with E-state index in [1.807, 2.05) is 32.0 Å². The van der Waals surface area contributed by atoms with E-state index in [0.29, 0.717) is 6.42 Å². The number of likely N-dealkylation sites (N-methyl/N-ethyl adjacent to an activating group) is 1. The van der Waals surface area contributed by atoms with Gasteiger partial charge in [0, 0.05) is 19.8 Å². The molecule has 2 atom stereocenters. The Morgan fingerprint density at radius 3 is 2.62 bits per heavy atom. The molecule has 2 unspecified atom stereocenters. The minimum Gasteiger partial charge on any atom is -0.347 e. The molecule has 114 valence electrons. The molecule has 0 saturated heterocycles. The Hall–Kier alpha value is -1.84. The first-order valence-electron chi connectivity index (χ1n) is 7.49. The van der Waals surface area contributed by atoms with Gasteiger partial charge in [-0.2, -0.15) is 0 Å². The molecule has 0 spiro atoms. The summed E-state index contributed by atoms with van der Waals surface area (Å²) in [5, 5.41) is 0. The van der Waals surface area contributed by atoms with Crippen LogP contribution in [0.15, 0.2) is 18.2 Å². The molecule has 21 heavy (non-hydrogen) atoms. The predicted octanol–water partition coefficient (Wildman–Crippen LogP) is 2.39. The van der Waals surface area contributed by atoms with Crippen molar-refractivity contribution < 1.29 is 9.59 Å². The van der Waals surface area contributed by atoms with Crippen molar-refractivity contribution in [1.29, 1.82) is 0 Å². The van der Waals surface area contributed by atoms with Crippen LogP contribution in [0.2, 0.25) is 0 Å². The van der Waals surface area contributed by atoms with Gasteiger partial charge in [-0.1, -0.05) is 32.4 Å². The zero-order valence-corrected chi connectivity index (χ0v) is 13.5. The predicted molar refractivity (Wildman–Crippen MR) is 84.3 cm³/mol. The van der Waals surface area contributed by atoms with E-state index in [-0.39, 0.29) is 17.7 Å². The monoisotopic (exact) mass is 288 g/mol. The summed E-state index contributed by atoms with van der Waals surface area (Å²) in [6, 6.07) is 5.61. The summed E-state index contributed by atoms with van der Waals surface area (Å²) in [5.41, 5.74) is 3.03. The van der Waals surface area contributed by atoms with Crippen molar-refractivity contribution in [3.05, 3.63) is 29.3 Å². The zero-order valence-electron chi connectivity index (χ0n) is 13.5. The molecule has 1 aliphatic heterocycles.